The molecule has 13 heavy (non-hydrogen) atoms. The molecule has 1 aromatic carbocycles. The molecule has 0 N–H and O–H groups in total. The number of hydrogen-bond donors (Lipinski definition) is 0. The summed E-state index contributed by atoms with van der Waals surface area (Å²) in [4.78, 5) is 9.81. The summed E-state index contributed by atoms with van der Waals surface area (Å²) < 4.78 is 13.1. The number of hydrogen-bond acceptors (Lipinski definition) is 2. The Bertz CT molecular complexity index is 354. The quantitative estimate of drug-likeness (QED) is 0.421. The lowest BCUT2D eigenvalue weighted by atomic mass is 10.1. The van der Waals surface area contributed by atoms with Gasteiger partial charge in [-0.15, -0.1) is 11.6 Å². The SMILES string of the molecule is Cc1cc([N+](=O)[O-])cc(CCl)c1F. The maximum atomic E-state index is 13.1. The number of nitro benzene ring substituents is 1. The average molecular weight is 204 g/mol. The first-order valence-electron chi connectivity index (χ1n) is 3.55. The van der Waals surface area contributed by atoms with Crippen LogP contribution in [0.4, 0.5) is 10.1 Å². The minimum absolute atomic E-state index is 0.0612. The topological polar surface area (TPSA) is 43.1 Å². The van der Waals surface area contributed by atoms with Gasteiger partial charge in [0.15, 0.2) is 0 Å². The normalized spacial score (nSPS) is 10.1. The van der Waals surface area contributed by atoms with Gasteiger partial charge in [0.25, 0.3) is 5.69 Å². The molecule has 0 fully saturated rings. The summed E-state index contributed by atoms with van der Waals surface area (Å²) in [5.74, 6) is -0.533. The summed E-state index contributed by atoms with van der Waals surface area (Å²) in [6.07, 6.45) is 0. The van der Waals surface area contributed by atoms with Crippen LogP contribution in [0.25, 0.3) is 0 Å². The first kappa shape index (κ1) is 9.92. The van der Waals surface area contributed by atoms with E-state index in [2.05, 4.69) is 0 Å². The molecule has 0 atom stereocenters. The molecule has 0 aromatic heterocycles. The molecule has 0 aliphatic rings. The van der Waals surface area contributed by atoms with E-state index in [-0.39, 0.29) is 22.7 Å². The predicted molar refractivity (Wildman–Crippen MR) is 47.3 cm³/mol. The van der Waals surface area contributed by atoms with Gasteiger partial charge in [-0.3, -0.25) is 10.1 Å². The zero-order valence-electron chi connectivity index (χ0n) is 6.88. The van der Waals surface area contributed by atoms with Gasteiger partial charge >= 0.3 is 0 Å². The monoisotopic (exact) mass is 203 g/mol. The molecule has 0 saturated heterocycles. The molecule has 0 heterocycles. The van der Waals surface area contributed by atoms with Crippen LogP contribution in [0.1, 0.15) is 11.1 Å². The molecule has 0 aliphatic carbocycles. The van der Waals surface area contributed by atoms with E-state index in [9.17, 15) is 14.5 Å². The Labute approximate surface area is 79.3 Å². The second kappa shape index (κ2) is 3.70. The first-order chi connectivity index (χ1) is 6.06. The summed E-state index contributed by atoms with van der Waals surface area (Å²) in [7, 11) is 0. The van der Waals surface area contributed by atoms with Crippen molar-refractivity contribution >= 4 is 17.3 Å². The molecule has 0 saturated carbocycles. The predicted octanol–water partition coefficient (Wildman–Crippen LogP) is 2.78. The Morgan fingerprint density at radius 3 is 2.69 bits per heavy atom. The smallest absolute Gasteiger partial charge is 0.258 e. The Morgan fingerprint density at radius 1 is 1.62 bits per heavy atom. The van der Waals surface area contributed by atoms with Gasteiger partial charge in [0.05, 0.1) is 10.8 Å². The van der Waals surface area contributed by atoms with E-state index >= 15 is 0 Å². The molecule has 1 rings (SSSR count). The highest BCUT2D eigenvalue weighted by Crippen LogP contribution is 2.21. The lowest BCUT2D eigenvalue weighted by Crippen LogP contribution is -1.95. The van der Waals surface area contributed by atoms with E-state index in [1.165, 1.54) is 13.0 Å². The molecule has 0 bridgehead atoms. The minimum Gasteiger partial charge on any atom is -0.258 e. The molecule has 3 nitrogen and oxygen atoms in total. The average Bonchev–Trinajstić information content (AvgIpc) is 2.09. The molecule has 70 valence electrons. The van der Waals surface area contributed by atoms with Crippen LogP contribution in [-0.4, -0.2) is 4.92 Å². The maximum absolute atomic E-state index is 13.1. The summed E-state index contributed by atoms with van der Waals surface area (Å²) in [6, 6.07) is 2.33. The van der Waals surface area contributed by atoms with E-state index in [1.807, 2.05) is 0 Å². The number of halogens is 2. The van der Waals surface area contributed by atoms with Gasteiger partial charge in [0, 0.05) is 17.7 Å². The number of rotatable bonds is 2. The van der Waals surface area contributed by atoms with Gasteiger partial charge in [0.2, 0.25) is 0 Å². The van der Waals surface area contributed by atoms with Crippen molar-refractivity contribution in [1.82, 2.24) is 0 Å². The third-order valence-electron chi connectivity index (χ3n) is 1.67. The van der Waals surface area contributed by atoms with Crippen LogP contribution in [0.2, 0.25) is 0 Å². The molecule has 5 heteroatoms. The Hall–Kier alpha value is -1.16. The van der Waals surface area contributed by atoms with E-state index in [0.717, 1.165) is 6.07 Å². The highest BCUT2D eigenvalue weighted by atomic mass is 35.5. The van der Waals surface area contributed by atoms with Crippen LogP contribution in [0.15, 0.2) is 12.1 Å². The van der Waals surface area contributed by atoms with Crippen LogP contribution < -0.4 is 0 Å². The number of benzene rings is 1. The van der Waals surface area contributed by atoms with E-state index in [1.54, 1.807) is 0 Å². The fourth-order valence-electron chi connectivity index (χ4n) is 1.02. The van der Waals surface area contributed by atoms with Gasteiger partial charge < -0.3 is 0 Å². The van der Waals surface area contributed by atoms with Crippen molar-refractivity contribution in [2.75, 3.05) is 0 Å². The highest BCUT2D eigenvalue weighted by molar-refractivity contribution is 6.17. The van der Waals surface area contributed by atoms with Crippen molar-refractivity contribution < 1.29 is 9.31 Å². The van der Waals surface area contributed by atoms with Gasteiger partial charge in [-0.1, -0.05) is 0 Å². The van der Waals surface area contributed by atoms with E-state index in [0.29, 0.717) is 0 Å². The van der Waals surface area contributed by atoms with Crippen molar-refractivity contribution in [2.24, 2.45) is 0 Å². The highest BCUT2D eigenvalue weighted by Gasteiger charge is 2.13. The fraction of sp³-hybridized carbons (Fsp3) is 0.250. The largest absolute Gasteiger partial charge is 0.270 e. The third-order valence-corrected chi connectivity index (χ3v) is 1.96. The molecule has 0 unspecified atom stereocenters. The van der Waals surface area contributed by atoms with Crippen LogP contribution in [0.3, 0.4) is 0 Å². The standard InChI is InChI=1S/C8H7ClFNO2/c1-5-2-7(11(12)13)3-6(4-9)8(5)10/h2-3H,4H2,1H3. The molecule has 1 aromatic rings. The Balaban J connectivity index is 3.30. The van der Waals surface area contributed by atoms with Crippen LogP contribution in [-0.2, 0) is 5.88 Å². The van der Waals surface area contributed by atoms with Crippen molar-refractivity contribution in [3.8, 4) is 0 Å². The summed E-state index contributed by atoms with van der Waals surface area (Å²) in [6.45, 7) is 1.47. The summed E-state index contributed by atoms with van der Waals surface area (Å²) in [5, 5.41) is 10.4. The number of nitrogens with zero attached hydrogens (tertiary/aromatic N) is 1. The molecule has 0 amide bonds. The Morgan fingerprint density at radius 2 is 2.23 bits per heavy atom. The lowest BCUT2D eigenvalue weighted by Gasteiger charge is -2.01. The van der Waals surface area contributed by atoms with Crippen molar-refractivity contribution in [3.05, 3.63) is 39.2 Å². The van der Waals surface area contributed by atoms with Gasteiger partial charge in [-0.05, 0) is 12.5 Å². The lowest BCUT2D eigenvalue weighted by molar-refractivity contribution is -0.385. The zero-order chi connectivity index (χ0) is 10.0. The second-order valence-electron chi connectivity index (χ2n) is 2.63. The van der Waals surface area contributed by atoms with Crippen LogP contribution in [0.5, 0.6) is 0 Å². The molecule has 0 aliphatic heterocycles. The molecule has 0 radical (unpaired) electrons. The van der Waals surface area contributed by atoms with Crippen LogP contribution in [0, 0.1) is 22.9 Å². The van der Waals surface area contributed by atoms with E-state index in [4.69, 9.17) is 11.6 Å². The van der Waals surface area contributed by atoms with Gasteiger partial charge in [-0.2, -0.15) is 0 Å². The van der Waals surface area contributed by atoms with E-state index < -0.39 is 10.7 Å². The summed E-state index contributed by atoms with van der Waals surface area (Å²) in [5.41, 5.74) is 0.271. The maximum Gasteiger partial charge on any atom is 0.270 e. The van der Waals surface area contributed by atoms with Crippen molar-refractivity contribution in [3.63, 3.8) is 0 Å². The van der Waals surface area contributed by atoms with Gasteiger partial charge in [-0.25, -0.2) is 4.39 Å². The second-order valence-corrected chi connectivity index (χ2v) is 2.89. The zero-order valence-corrected chi connectivity index (χ0v) is 7.64. The third kappa shape index (κ3) is 1.95. The number of non-ortho nitro benzene ring substituents is 1. The van der Waals surface area contributed by atoms with Crippen molar-refractivity contribution in [1.29, 1.82) is 0 Å². The molecular formula is C8H7ClFNO2. The molecular weight excluding hydrogens is 197 g/mol. The summed E-state index contributed by atoms with van der Waals surface area (Å²) >= 11 is 5.42. The first-order valence-corrected chi connectivity index (χ1v) is 4.09. The van der Waals surface area contributed by atoms with Crippen molar-refractivity contribution in [2.45, 2.75) is 12.8 Å². The van der Waals surface area contributed by atoms with Gasteiger partial charge in [0.1, 0.15) is 5.82 Å². The number of nitro groups is 1. The van der Waals surface area contributed by atoms with Crippen LogP contribution >= 0.6 is 11.6 Å². The molecule has 0 spiro atoms. The minimum atomic E-state index is -0.567. The fourth-order valence-corrected chi connectivity index (χ4v) is 1.22. The number of aryl methyl sites for hydroxylation is 1. The number of alkyl halides is 1. The Kier molecular flexibility index (Phi) is 2.83.